The van der Waals surface area contributed by atoms with Crippen LogP contribution in [-0.2, 0) is 41.5 Å². The Labute approximate surface area is 347 Å². The Kier molecular flexibility index (Phi) is 11.4. The molecule has 14 heteroatoms. The van der Waals surface area contributed by atoms with E-state index in [1.165, 1.54) is 24.0 Å². The van der Waals surface area contributed by atoms with Crippen LogP contribution in [0.2, 0.25) is 0 Å². The lowest BCUT2D eigenvalue weighted by molar-refractivity contribution is -0.137. The Bertz CT molecular complexity index is 2180. The molecule has 2 saturated heterocycles. The van der Waals surface area contributed by atoms with Gasteiger partial charge >= 0.3 is 12.2 Å². The molecule has 0 unspecified atom stereocenters. The van der Waals surface area contributed by atoms with Gasteiger partial charge in [-0.2, -0.15) is 0 Å². The van der Waals surface area contributed by atoms with E-state index in [1.54, 1.807) is 46.2 Å². The number of para-hydroxylation sites is 2. The minimum atomic E-state index is -0.784. The fourth-order valence-corrected chi connectivity index (χ4v) is 8.80. The molecule has 4 aromatic carbocycles. The molecule has 4 aromatic rings. The molecule has 4 aliphatic rings. The van der Waals surface area contributed by atoms with Crippen molar-refractivity contribution in [1.29, 1.82) is 0 Å². The van der Waals surface area contributed by atoms with Crippen LogP contribution in [-0.4, -0.2) is 97.1 Å². The molecular weight excluding hydrogens is 765 g/mol. The molecule has 0 aromatic heterocycles. The van der Waals surface area contributed by atoms with Crippen molar-refractivity contribution in [2.45, 2.75) is 62.7 Å². The van der Waals surface area contributed by atoms with Crippen LogP contribution in [0, 0.1) is 0 Å². The van der Waals surface area contributed by atoms with Crippen LogP contribution in [0.4, 0.5) is 32.3 Å². The molecule has 60 heavy (non-hydrogen) atoms. The zero-order chi connectivity index (χ0) is 41.9. The van der Waals surface area contributed by atoms with Gasteiger partial charge in [0.05, 0.1) is 25.6 Å². The third-order valence-electron chi connectivity index (χ3n) is 11.8. The van der Waals surface area contributed by atoms with Crippen LogP contribution in [0.3, 0.4) is 0 Å². The van der Waals surface area contributed by atoms with Crippen molar-refractivity contribution in [1.82, 2.24) is 9.80 Å². The zero-order valence-corrected chi connectivity index (χ0v) is 33.4. The van der Waals surface area contributed by atoms with E-state index >= 15 is 0 Å². The predicted molar refractivity (Wildman–Crippen MR) is 226 cm³/mol. The summed E-state index contributed by atoms with van der Waals surface area (Å²) in [6, 6.07) is 26.6. The topological polar surface area (TPSA) is 158 Å². The first-order chi connectivity index (χ1) is 29.1. The maximum absolute atomic E-state index is 13.9. The smallest absolute Gasteiger partial charge is 0.414 e. The molecule has 0 saturated carbocycles. The van der Waals surface area contributed by atoms with Crippen molar-refractivity contribution in [2.75, 3.05) is 47.7 Å². The summed E-state index contributed by atoms with van der Waals surface area (Å²) in [6.07, 6.45) is 5.74. The third-order valence-corrected chi connectivity index (χ3v) is 11.8. The lowest BCUT2D eigenvalue weighted by Gasteiger charge is -2.30. The summed E-state index contributed by atoms with van der Waals surface area (Å²) >= 11 is 0. The van der Waals surface area contributed by atoms with Gasteiger partial charge in [-0.15, -0.1) is 0 Å². The highest BCUT2D eigenvalue weighted by molar-refractivity contribution is 6.05. The number of benzene rings is 4. The van der Waals surface area contributed by atoms with E-state index in [1.807, 2.05) is 72.8 Å². The SMILES string of the molecule is COC(=O)N1c2ccccc2C[C@H]1C(=O)N1CCC[C@H]1C(=O)Nc1ccc(/C=C/c2ccc(NC(=O)[C@@H]3CCCN3C(=O)[C@@H]3Cc4ccccc4N3C(=O)OC)cc2)cc1. The summed E-state index contributed by atoms with van der Waals surface area (Å²) in [5.74, 6) is -1.13. The molecule has 0 radical (unpaired) electrons. The standard InChI is InChI=1S/C46H46N6O8/c1-59-45(57)51-35-11-5-3-9-31(35)27-39(51)43(55)49-25-7-13-37(49)41(53)47-33-21-17-29(18-22-33)15-16-30-19-23-34(24-20-30)48-42(54)38-14-8-26-50(38)44(56)40-28-32-10-4-6-12-36(32)52(40)46(58)60-2/h3-6,9-12,15-24,37-40H,7-8,13-14,25-28H2,1-2H3,(H,47,53)(H,48,54)/b16-15+/t37-,38-,39-,40-/m0/s1. The van der Waals surface area contributed by atoms with Gasteiger partial charge in [-0.25, -0.2) is 9.59 Å². The monoisotopic (exact) mass is 810 g/mol. The Morgan fingerprint density at radius 2 is 0.917 bits per heavy atom. The number of carbonyl (C=O) groups excluding carboxylic acids is 6. The fourth-order valence-electron chi connectivity index (χ4n) is 8.80. The van der Waals surface area contributed by atoms with Gasteiger partial charge in [0.1, 0.15) is 24.2 Å². The Morgan fingerprint density at radius 3 is 1.30 bits per heavy atom. The molecule has 4 aliphatic heterocycles. The van der Waals surface area contributed by atoms with Crippen LogP contribution in [0.5, 0.6) is 0 Å². The maximum Gasteiger partial charge on any atom is 0.414 e. The van der Waals surface area contributed by atoms with Crippen molar-refractivity contribution >= 4 is 70.7 Å². The van der Waals surface area contributed by atoms with Crippen molar-refractivity contribution in [2.24, 2.45) is 0 Å². The summed E-state index contributed by atoms with van der Waals surface area (Å²) in [5, 5.41) is 5.92. The van der Waals surface area contributed by atoms with E-state index in [-0.39, 0.29) is 23.6 Å². The number of amides is 6. The van der Waals surface area contributed by atoms with Gasteiger partial charge in [0.15, 0.2) is 0 Å². The average molecular weight is 811 g/mol. The minimum Gasteiger partial charge on any atom is -0.452 e. The highest BCUT2D eigenvalue weighted by Gasteiger charge is 2.46. The molecule has 6 amide bonds. The van der Waals surface area contributed by atoms with E-state index in [0.717, 1.165) is 22.3 Å². The molecule has 4 atom stereocenters. The van der Waals surface area contributed by atoms with Crippen LogP contribution in [0.1, 0.15) is 47.9 Å². The second-order valence-corrected chi connectivity index (χ2v) is 15.3. The molecule has 0 spiro atoms. The first-order valence-electron chi connectivity index (χ1n) is 20.2. The van der Waals surface area contributed by atoms with E-state index < -0.39 is 36.4 Å². The number of carbonyl (C=O) groups is 6. The van der Waals surface area contributed by atoms with Gasteiger partial charge in [0.25, 0.3) is 0 Å². The minimum absolute atomic E-state index is 0.279. The van der Waals surface area contributed by atoms with Gasteiger partial charge < -0.3 is 29.9 Å². The second-order valence-electron chi connectivity index (χ2n) is 15.3. The van der Waals surface area contributed by atoms with E-state index in [9.17, 15) is 28.8 Å². The van der Waals surface area contributed by atoms with Gasteiger partial charge in [-0.05, 0) is 84.3 Å². The van der Waals surface area contributed by atoms with E-state index in [4.69, 9.17) is 9.47 Å². The molecule has 2 fully saturated rings. The third kappa shape index (κ3) is 7.80. The summed E-state index contributed by atoms with van der Waals surface area (Å²) in [7, 11) is 2.58. The van der Waals surface area contributed by atoms with Crippen molar-refractivity contribution in [3.63, 3.8) is 0 Å². The first-order valence-corrected chi connectivity index (χ1v) is 20.2. The fraction of sp³-hybridized carbons (Fsp3) is 0.304. The maximum atomic E-state index is 13.9. The van der Waals surface area contributed by atoms with Gasteiger partial charge in [-0.1, -0.05) is 72.8 Å². The number of likely N-dealkylation sites (tertiary alicyclic amines) is 2. The lowest BCUT2D eigenvalue weighted by Crippen LogP contribution is -2.53. The van der Waals surface area contributed by atoms with Crippen LogP contribution < -0.4 is 20.4 Å². The molecular formula is C46H46N6O8. The Balaban J connectivity index is 0.845. The van der Waals surface area contributed by atoms with Crippen molar-refractivity contribution in [3.05, 3.63) is 119 Å². The van der Waals surface area contributed by atoms with Crippen LogP contribution in [0.25, 0.3) is 12.2 Å². The van der Waals surface area contributed by atoms with Crippen LogP contribution >= 0.6 is 0 Å². The van der Waals surface area contributed by atoms with Gasteiger partial charge in [0, 0.05) is 37.3 Å². The number of anilines is 4. The predicted octanol–water partition coefficient (Wildman–Crippen LogP) is 6.11. The second kappa shape index (κ2) is 17.1. The Morgan fingerprint density at radius 1 is 0.533 bits per heavy atom. The summed E-state index contributed by atoms with van der Waals surface area (Å²) in [6.45, 7) is 0.843. The number of methoxy groups -OCH3 is 2. The molecule has 8 rings (SSSR count). The van der Waals surface area contributed by atoms with E-state index in [0.29, 0.717) is 74.4 Å². The quantitative estimate of drug-likeness (QED) is 0.202. The van der Waals surface area contributed by atoms with E-state index in [2.05, 4.69) is 10.6 Å². The van der Waals surface area contributed by atoms with Gasteiger partial charge in [0.2, 0.25) is 23.6 Å². The highest BCUT2D eigenvalue weighted by atomic mass is 16.5. The molecule has 0 aliphatic carbocycles. The number of fused-ring (bicyclic) bond motifs is 2. The lowest BCUT2D eigenvalue weighted by atomic mass is 10.1. The molecule has 4 heterocycles. The van der Waals surface area contributed by atoms with Crippen molar-refractivity contribution in [3.8, 4) is 0 Å². The first kappa shape index (κ1) is 39.8. The molecule has 308 valence electrons. The summed E-state index contributed by atoms with van der Waals surface area (Å²) in [4.78, 5) is 86.1. The average Bonchev–Trinajstić information content (AvgIpc) is 4.10. The highest BCUT2D eigenvalue weighted by Crippen LogP contribution is 2.36. The van der Waals surface area contributed by atoms with Crippen LogP contribution in [0.15, 0.2) is 97.1 Å². The van der Waals surface area contributed by atoms with Crippen molar-refractivity contribution < 1.29 is 38.2 Å². The number of hydrogen-bond acceptors (Lipinski definition) is 8. The largest absolute Gasteiger partial charge is 0.452 e. The Hall–Kier alpha value is -6.96. The number of ether oxygens (including phenoxy) is 2. The number of nitrogens with zero attached hydrogens (tertiary/aromatic N) is 4. The molecule has 2 N–H and O–H groups in total. The summed E-state index contributed by atoms with van der Waals surface area (Å²) in [5.41, 5.74) is 6.02. The number of hydrogen-bond donors (Lipinski definition) is 2. The summed E-state index contributed by atoms with van der Waals surface area (Å²) < 4.78 is 10.0. The van der Waals surface area contributed by atoms with Gasteiger partial charge in [-0.3, -0.25) is 29.0 Å². The zero-order valence-electron chi connectivity index (χ0n) is 33.4. The number of nitrogens with one attached hydrogen (secondary N) is 2. The number of rotatable bonds is 8. The molecule has 14 nitrogen and oxygen atoms in total. The molecule has 0 bridgehead atoms. The normalized spacial score (nSPS) is 20.5.